The summed E-state index contributed by atoms with van der Waals surface area (Å²) in [6.45, 7) is 0. The van der Waals surface area contributed by atoms with Gasteiger partial charge >= 0.3 is 5.97 Å². The minimum Gasteiger partial charge on any atom is -0.393 e. The van der Waals surface area contributed by atoms with Crippen molar-refractivity contribution in [2.24, 2.45) is 0 Å². The summed E-state index contributed by atoms with van der Waals surface area (Å²) in [7, 11) is 1.72. The molecule has 1 atom stereocenters. The van der Waals surface area contributed by atoms with Gasteiger partial charge in [0, 0.05) is 12.9 Å². The summed E-state index contributed by atoms with van der Waals surface area (Å²) in [4.78, 5) is 11.2. The molecule has 76 valence electrons. The zero-order valence-electron chi connectivity index (χ0n) is 7.93. The third kappa shape index (κ3) is 3.05. The van der Waals surface area contributed by atoms with E-state index in [-0.39, 0.29) is 12.0 Å². The van der Waals surface area contributed by atoms with Crippen LogP contribution in [-0.2, 0) is 15.4 Å². The standard InChI is InChI=1S/C10H13NO2S/c1-11-9(10(12)13-14)7-8-5-3-2-4-6-8/h2-6,9,11,14H,7H2,1H3/t9-/m0/s1. The lowest BCUT2D eigenvalue weighted by atomic mass is 10.1. The molecule has 1 aromatic carbocycles. The van der Waals surface area contributed by atoms with Crippen LogP contribution in [0, 0.1) is 0 Å². The van der Waals surface area contributed by atoms with Crippen molar-refractivity contribution in [2.45, 2.75) is 12.5 Å². The number of carbonyl (C=O) groups excluding carboxylic acids is 1. The monoisotopic (exact) mass is 211 g/mol. The molecule has 0 aromatic heterocycles. The molecule has 1 rings (SSSR count). The molecule has 1 aromatic rings. The number of hydrogen-bond acceptors (Lipinski definition) is 4. The van der Waals surface area contributed by atoms with Crippen molar-refractivity contribution in [3.05, 3.63) is 35.9 Å². The van der Waals surface area contributed by atoms with Crippen molar-refractivity contribution in [3.8, 4) is 0 Å². The third-order valence-corrected chi connectivity index (χ3v) is 2.19. The number of carbonyl (C=O) groups is 1. The summed E-state index contributed by atoms with van der Waals surface area (Å²) < 4.78 is 4.37. The molecule has 14 heavy (non-hydrogen) atoms. The zero-order valence-corrected chi connectivity index (χ0v) is 8.83. The molecule has 0 fully saturated rings. The van der Waals surface area contributed by atoms with Gasteiger partial charge in [-0.3, -0.25) is 0 Å². The van der Waals surface area contributed by atoms with E-state index in [1.807, 2.05) is 30.3 Å². The van der Waals surface area contributed by atoms with Gasteiger partial charge in [0.15, 0.2) is 0 Å². The normalized spacial score (nSPS) is 12.1. The smallest absolute Gasteiger partial charge is 0.335 e. The summed E-state index contributed by atoms with van der Waals surface area (Å²) in [5, 5.41) is 2.88. The van der Waals surface area contributed by atoms with Crippen molar-refractivity contribution in [1.29, 1.82) is 0 Å². The number of benzene rings is 1. The van der Waals surface area contributed by atoms with Gasteiger partial charge in [-0.2, -0.15) is 0 Å². The van der Waals surface area contributed by atoms with Crippen molar-refractivity contribution in [3.63, 3.8) is 0 Å². The van der Waals surface area contributed by atoms with Gasteiger partial charge in [0.25, 0.3) is 0 Å². The van der Waals surface area contributed by atoms with Gasteiger partial charge in [0.1, 0.15) is 6.04 Å². The average molecular weight is 211 g/mol. The Balaban J connectivity index is 2.62. The van der Waals surface area contributed by atoms with Crippen LogP contribution in [0.3, 0.4) is 0 Å². The van der Waals surface area contributed by atoms with Crippen LogP contribution in [-0.4, -0.2) is 19.1 Å². The van der Waals surface area contributed by atoms with Gasteiger partial charge in [-0.25, -0.2) is 4.79 Å². The number of likely N-dealkylation sites (N-methyl/N-ethyl adjacent to an activating group) is 1. The van der Waals surface area contributed by atoms with E-state index in [2.05, 4.69) is 22.4 Å². The Morgan fingerprint density at radius 1 is 1.50 bits per heavy atom. The summed E-state index contributed by atoms with van der Waals surface area (Å²) in [6, 6.07) is 9.42. The highest BCUT2D eigenvalue weighted by Gasteiger charge is 2.17. The second-order valence-corrected chi connectivity index (χ2v) is 3.12. The van der Waals surface area contributed by atoms with E-state index >= 15 is 0 Å². The number of hydrogen-bond donors (Lipinski definition) is 2. The summed E-state index contributed by atoms with van der Waals surface area (Å²) in [5.41, 5.74) is 1.09. The zero-order chi connectivity index (χ0) is 10.4. The average Bonchev–Trinajstić information content (AvgIpc) is 2.26. The van der Waals surface area contributed by atoms with Crippen molar-refractivity contribution >= 4 is 18.9 Å². The first-order valence-corrected chi connectivity index (χ1v) is 4.71. The van der Waals surface area contributed by atoms with E-state index in [1.54, 1.807) is 7.05 Å². The Labute approximate surface area is 89.1 Å². The lowest BCUT2D eigenvalue weighted by Gasteiger charge is -2.12. The number of nitrogens with one attached hydrogen (secondary N) is 1. The van der Waals surface area contributed by atoms with Gasteiger partial charge < -0.3 is 9.50 Å². The Morgan fingerprint density at radius 3 is 2.64 bits per heavy atom. The fourth-order valence-corrected chi connectivity index (χ4v) is 1.34. The Bertz CT molecular complexity index is 289. The highest BCUT2D eigenvalue weighted by molar-refractivity contribution is 7.75. The topological polar surface area (TPSA) is 38.3 Å². The first kappa shape index (κ1) is 11.1. The predicted octanol–water partition coefficient (Wildman–Crippen LogP) is 1.21. The van der Waals surface area contributed by atoms with Gasteiger partial charge in [-0.1, -0.05) is 30.3 Å². The lowest BCUT2D eigenvalue weighted by Crippen LogP contribution is -2.36. The van der Waals surface area contributed by atoms with Crippen LogP contribution in [0.2, 0.25) is 0 Å². The quantitative estimate of drug-likeness (QED) is 0.580. The van der Waals surface area contributed by atoms with Gasteiger partial charge in [-0.05, 0) is 19.0 Å². The number of rotatable bonds is 4. The molecule has 0 unspecified atom stereocenters. The summed E-state index contributed by atoms with van der Waals surface area (Å²) in [6.07, 6.45) is 0.608. The van der Waals surface area contributed by atoms with Crippen molar-refractivity contribution in [1.82, 2.24) is 5.32 Å². The minimum atomic E-state index is -0.361. The van der Waals surface area contributed by atoms with Crippen LogP contribution in [0.4, 0.5) is 0 Å². The van der Waals surface area contributed by atoms with Crippen LogP contribution in [0.5, 0.6) is 0 Å². The van der Waals surface area contributed by atoms with Crippen LogP contribution in [0.1, 0.15) is 5.56 Å². The number of thiol groups is 1. The maximum absolute atomic E-state index is 11.2. The van der Waals surface area contributed by atoms with Crippen LogP contribution in [0.25, 0.3) is 0 Å². The molecule has 0 saturated heterocycles. The Morgan fingerprint density at radius 2 is 2.14 bits per heavy atom. The molecule has 0 aliphatic rings. The van der Waals surface area contributed by atoms with E-state index in [9.17, 15) is 4.79 Å². The second kappa shape index (κ2) is 5.67. The molecule has 0 aliphatic heterocycles. The molecule has 0 radical (unpaired) electrons. The minimum absolute atomic E-state index is 0.338. The van der Waals surface area contributed by atoms with E-state index in [0.29, 0.717) is 6.42 Å². The third-order valence-electron chi connectivity index (χ3n) is 2.01. The second-order valence-electron chi connectivity index (χ2n) is 2.94. The fourth-order valence-electron chi connectivity index (χ4n) is 1.22. The molecule has 0 aliphatic carbocycles. The van der Waals surface area contributed by atoms with Gasteiger partial charge in [-0.15, -0.1) is 0 Å². The van der Waals surface area contributed by atoms with Crippen molar-refractivity contribution in [2.75, 3.05) is 7.05 Å². The highest BCUT2D eigenvalue weighted by Crippen LogP contribution is 2.04. The molecule has 0 saturated carbocycles. The molecule has 0 bridgehead atoms. The maximum atomic E-state index is 11.2. The Kier molecular flexibility index (Phi) is 4.49. The molecule has 3 nitrogen and oxygen atoms in total. The van der Waals surface area contributed by atoms with Crippen LogP contribution in [0.15, 0.2) is 30.3 Å². The maximum Gasteiger partial charge on any atom is 0.335 e. The van der Waals surface area contributed by atoms with Crippen LogP contribution >= 0.6 is 12.9 Å². The molecular weight excluding hydrogens is 198 g/mol. The fraction of sp³-hybridized carbons (Fsp3) is 0.300. The largest absolute Gasteiger partial charge is 0.393 e. The Hall–Kier alpha value is -1.00. The van der Waals surface area contributed by atoms with Crippen LogP contribution < -0.4 is 5.32 Å². The van der Waals surface area contributed by atoms with Gasteiger partial charge in [0.2, 0.25) is 0 Å². The predicted molar refractivity (Wildman–Crippen MR) is 58.1 cm³/mol. The highest BCUT2D eigenvalue weighted by atomic mass is 32.1. The first-order chi connectivity index (χ1) is 6.77. The molecular formula is C10H13NO2S. The SMILES string of the molecule is CN[C@@H](Cc1ccccc1)C(=O)OS. The molecule has 0 spiro atoms. The van der Waals surface area contributed by atoms with Gasteiger partial charge in [0.05, 0.1) is 0 Å². The molecule has 4 heteroatoms. The molecule has 0 amide bonds. The van der Waals surface area contributed by atoms with E-state index in [0.717, 1.165) is 5.56 Å². The summed E-state index contributed by atoms with van der Waals surface area (Å²) in [5.74, 6) is -0.361. The summed E-state index contributed by atoms with van der Waals surface area (Å²) >= 11 is 3.49. The van der Waals surface area contributed by atoms with E-state index < -0.39 is 0 Å². The molecule has 1 N–H and O–H groups in total. The molecule has 0 heterocycles. The lowest BCUT2D eigenvalue weighted by molar-refractivity contribution is -0.135. The van der Waals surface area contributed by atoms with E-state index in [1.165, 1.54) is 0 Å². The van der Waals surface area contributed by atoms with E-state index in [4.69, 9.17) is 0 Å². The first-order valence-electron chi connectivity index (χ1n) is 4.34. The van der Waals surface area contributed by atoms with Crippen molar-refractivity contribution < 1.29 is 8.98 Å².